The molecule has 0 aliphatic carbocycles. The normalized spacial score (nSPS) is 11.8. The van der Waals surface area contributed by atoms with E-state index in [9.17, 15) is 0 Å². The summed E-state index contributed by atoms with van der Waals surface area (Å²) in [5.41, 5.74) is 7.59. The number of aromatic nitrogens is 4. The van der Waals surface area contributed by atoms with Crippen molar-refractivity contribution < 1.29 is 4.42 Å². The fourth-order valence-electron chi connectivity index (χ4n) is 9.87. The summed E-state index contributed by atoms with van der Waals surface area (Å²) in [6.45, 7) is 4.00. The Hall–Kier alpha value is -8.19. The molecule has 5 nitrogen and oxygen atoms in total. The highest BCUT2D eigenvalue weighted by atomic mass is 32.1. The van der Waals surface area contributed by atoms with E-state index in [-0.39, 0.29) is 0 Å². The number of hydrogen-bond acceptors (Lipinski definition) is 5. The fourth-order valence-corrected chi connectivity index (χ4v) is 11.0. The van der Waals surface area contributed by atoms with E-state index < -0.39 is 0 Å². The number of hydrogen-bond donors (Lipinski definition) is 0. The van der Waals surface area contributed by atoms with Gasteiger partial charge >= 0.3 is 0 Å². The molecule has 0 aliphatic rings. The van der Waals surface area contributed by atoms with Gasteiger partial charge in [0.2, 0.25) is 5.95 Å². The Morgan fingerprint density at radius 3 is 1.91 bits per heavy atom. The second kappa shape index (κ2) is 14.7. The van der Waals surface area contributed by atoms with Crippen molar-refractivity contribution in [3.05, 3.63) is 194 Å². The first-order chi connectivity index (χ1) is 32.2. The molecule has 0 atom stereocenters. The number of benzene rings is 10. The van der Waals surface area contributed by atoms with Crippen LogP contribution in [0, 0.1) is 0 Å². The second-order valence-corrected chi connectivity index (χ2v) is 17.4. The van der Waals surface area contributed by atoms with Crippen LogP contribution in [0.5, 0.6) is 0 Å². The third-order valence-corrected chi connectivity index (χ3v) is 13.9. The molecule has 306 valence electrons. The lowest BCUT2D eigenvalue weighted by Crippen LogP contribution is -2.07. The molecule has 0 bridgehead atoms. The van der Waals surface area contributed by atoms with E-state index in [1.54, 1.807) is 0 Å². The van der Waals surface area contributed by atoms with E-state index in [2.05, 4.69) is 180 Å². The first-order valence-corrected chi connectivity index (χ1v) is 23.0. The molecule has 0 spiro atoms. The third-order valence-electron chi connectivity index (χ3n) is 12.8. The van der Waals surface area contributed by atoms with Crippen LogP contribution in [-0.4, -0.2) is 19.5 Å². The summed E-state index contributed by atoms with van der Waals surface area (Å²) in [5.74, 6) is 1.66. The summed E-state index contributed by atoms with van der Waals surface area (Å²) in [6, 6.07) is 69.2. The van der Waals surface area contributed by atoms with Crippen molar-refractivity contribution in [3.63, 3.8) is 0 Å². The Kier molecular flexibility index (Phi) is 8.45. The van der Waals surface area contributed by atoms with E-state index in [4.69, 9.17) is 19.4 Å². The van der Waals surface area contributed by atoms with Crippen LogP contribution >= 0.6 is 11.3 Å². The van der Waals surface area contributed by atoms with Gasteiger partial charge in [0, 0.05) is 52.8 Å². The van der Waals surface area contributed by atoms with Crippen molar-refractivity contribution in [2.45, 2.75) is 13.8 Å². The van der Waals surface area contributed by atoms with E-state index in [1.165, 1.54) is 36.3 Å². The maximum atomic E-state index is 6.61. The van der Waals surface area contributed by atoms with Crippen molar-refractivity contribution in [2.75, 3.05) is 0 Å². The molecular weight excluding hydrogens is 813 g/mol. The quantitative estimate of drug-likeness (QED) is 0.177. The minimum atomic E-state index is 0.536. The van der Waals surface area contributed by atoms with Gasteiger partial charge in [0.1, 0.15) is 11.2 Å². The van der Waals surface area contributed by atoms with Crippen LogP contribution in [0.3, 0.4) is 0 Å². The molecule has 4 aromatic heterocycles. The SMILES string of the molecule is CC.c1ccc2cc(-c3nc(-c4cccc5c4oc4ccccc45)nc(-n4c5cc6ccccc6cc5c5cccc(-c6ccc7c(c6)sc6ccc8ccccc8c67)c54)n3)ccc2c1. The Labute approximate surface area is 377 Å². The first-order valence-electron chi connectivity index (χ1n) is 22.2. The zero-order valence-corrected chi connectivity index (χ0v) is 36.4. The number of para-hydroxylation sites is 3. The van der Waals surface area contributed by atoms with Gasteiger partial charge in [0.05, 0.1) is 16.6 Å². The highest BCUT2D eigenvalue weighted by Gasteiger charge is 2.23. The molecule has 0 fully saturated rings. The van der Waals surface area contributed by atoms with E-state index in [0.29, 0.717) is 17.6 Å². The van der Waals surface area contributed by atoms with E-state index in [1.807, 2.05) is 43.4 Å². The summed E-state index contributed by atoms with van der Waals surface area (Å²) in [7, 11) is 0. The Morgan fingerprint density at radius 2 is 1.06 bits per heavy atom. The largest absolute Gasteiger partial charge is 0.455 e. The van der Waals surface area contributed by atoms with Crippen LogP contribution in [0.15, 0.2) is 199 Å². The number of rotatable bonds is 4. The molecule has 6 heteroatoms. The van der Waals surface area contributed by atoms with Crippen molar-refractivity contribution in [3.8, 4) is 39.9 Å². The molecule has 14 rings (SSSR count). The topological polar surface area (TPSA) is 56.7 Å². The van der Waals surface area contributed by atoms with Gasteiger partial charge in [-0.2, -0.15) is 9.97 Å². The zero-order valence-electron chi connectivity index (χ0n) is 35.6. The van der Waals surface area contributed by atoms with E-state index in [0.717, 1.165) is 82.2 Å². The molecule has 0 amide bonds. The van der Waals surface area contributed by atoms with Crippen molar-refractivity contribution in [2.24, 2.45) is 0 Å². The van der Waals surface area contributed by atoms with Gasteiger partial charge in [0.15, 0.2) is 11.6 Å². The summed E-state index contributed by atoms with van der Waals surface area (Å²) < 4.78 is 11.4. The second-order valence-electron chi connectivity index (χ2n) is 16.4. The minimum Gasteiger partial charge on any atom is -0.455 e. The molecule has 0 aliphatic heterocycles. The van der Waals surface area contributed by atoms with Crippen molar-refractivity contribution in [1.29, 1.82) is 0 Å². The lowest BCUT2D eigenvalue weighted by Gasteiger charge is -2.13. The molecule has 0 radical (unpaired) electrons. The van der Waals surface area contributed by atoms with Gasteiger partial charge in [-0.15, -0.1) is 11.3 Å². The fraction of sp³-hybridized carbons (Fsp3) is 0.0339. The first kappa shape index (κ1) is 37.4. The summed E-state index contributed by atoms with van der Waals surface area (Å²) in [4.78, 5) is 16.2. The maximum Gasteiger partial charge on any atom is 0.238 e. The van der Waals surface area contributed by atoms with Gasteiger partial charge in [-0.05, 0) is 80.3 Å². The molecule has 0 saturated carbocycles. The van der Waals surface area contributed by atoms with Gasteiger partial charge in [-0.1, -0.05) is 166 Å². The van der Waals surface area contributed by atoms with Gasteiger partial charge in [-0.3, -0.25) is 4.57 Å². The van der Waals surface area contributed by atoms with Crippen LogP contribution < -0.4 is 0 Å². The standard InChI is InChI=1S/C57H32N4OS.C2H6/c1-2-13-35-29-39(24-23-33(35)11-1)55-58-56(46-21-10-20-44-42-17-7-8-22-49(42)62-54(44)46)60-57(59-55)61-48-31-37-15-4-3-14-36(37)30-47(48)43-19-9-18-41(53(43)61)38-25-27-45-51(32-38)63-50-28-26-34-12-5-6-16-40(34)52(45)50;1-2/h1-32H;1-2H3. The molecule has 65 heavy (non-hydrogen) atoms. The molecule has 0 saturated heterocycles. The average molecular weight is 851 g/mol. The van der Waals surface area contributed by atoms with Crippen molar-refractivity contribution in [1.82, 2.24) is 19.5 Å². The number of thiophene rings is 1. The molecule has 10 aromatic carbocycles. The van der Waals surface area contributed by atoms with Gasteiger partial charge in [0.25, 0.3) is 0 Å². The van der Waals surface area contributed by atoms with Crippen LogP contribution in [-0.2, 0) is 0 Å². The van der Waals surface area contributed by atoms with Crippen LogP contribution in [0.25, 0.3) is 136 Å². The predicted octanol–water partition coefficient (Wildman–Crippen LogP) is 16.7. The van der Waals surface area contributed by atoms with Crippen LogP contribution in [0.1, 0.15) is 13.8 Å². The highest BCUT2D eigenvalue weighted by Crippen LogP contribution is 2.44. The highest BCUT2D eigenvalue weighted by molar-refractivity contribution is 7.26. The smallest absolute Gasteiger partial charge is 0.238 e. The number of furan rings is 1. The van der Waals surface area contributed by atoms with E-state index >= 15 is 0 Å². The number of fused-ring (bicyclic) bond motifs is 13. The molecule has 0 unspecified atom stereocenters. The molecule has 4 heterocycles. The minimum absolute atomic E-state index is 0.536. The summed E-state index contributed by atoms with van der Waals surface area (Å²) >= 11 is 1.85. The maximum absolute atomic E-state index is 6.61. The number of nitrogens with zero attached hydrogens (tertiary/aromatic N) is 4. The summed E-state index contributed by atoms with van der Waals surface area (Å²) in [5, 5.41) is 14.1. The summed E-state index contributed by atoms with van der Waals surface area (Å²) in [6.07, 6.45) is 0. The monoisotopic (exact) mass is 850 g/mol. The Balaban J connectivity index is 0.00000209. The van der Waals surface area contributed by atoms with Gasteiger partial charge in [-0.25, -0.2) is 4.98 Å². The van der Waals surface area contributed by atoms with Crippen LogP contribution in [0.4, 0.5) is 0 Å². The Morgan fingerprint density at radius 1 is 0.415 bits per heavy atom. The molecular formula is C59H38N4OS. The third kappa shape index (κ3) is 5.81. The predicted molar refractivity (Wildman–Crippen MR) is 275 cm³/mol. The van der Waals surface area contributed by atoms with Crippen LogP contribution in [0.2, 0.25) is 0 Å². The molecule has 14 aromatic rings. The lowest BCUT2D eigenvalue weighted by atomic mass is 9.99. The van der Waals surface area contributed by atoms with Gasteiger partial charge < -0.3 is 4.42 Å². The molecule has 0 N–H and O–H groups in total. The Bertz CT molecular complexity index is 4230. The lowest BCUT2D eigenvalue weighted by molar-refractivity contribution is 0.669. The average Bonchev–Trinajstić information content (AvgIpc) is 4.05. The van der Waals surface area contributed by atoms with Crippen molar-refractivity contribution >= 4 is 108 Å². The zero-order chi connectivity index (χ0) is 43.2.